The fourth-order valence-corrected chi connectivity index (χ4v) is 4.18. The molecule has 6 nitrogen and oxygen atoms in total. The lowest BCUT2D eigenvalue weighted by Crippen LogP contribution is -2.51. The Kier molecular flexibility index (Phi) is 7.37. The standard InChI is InChI=1S/C27H28N2O4/c1-32-27(31)23-13-8-14-24(19-23)33-20-25(30)28-15-17-29(18-16-28)26(21-9-4-2-5-10-21)22-11-6-3-7-12-22/h2-14,19,26H,15-18,20H2,1H3. The number of benzene rings is 3. The molecule has 1 heterocycles. The summed E-state index contributed by atoms with van der Waals surface area (Å²) in [6.07, 6.45) is 0. The Morgan fingerprint density at radius 2 is 1.42 bits per heavy atom. The van der Waals surface area contributed by atoms with Crippen LogP contribution in [0.5, 0.6) is 5.75 Å². The van der Waals surface area contributed by atoms with Gasteiger partial charge in [0.15, 0.2) is 6.61 Å². The maximum absolute atomic E-state index is 12.8. The zero-order valence-electron chi connectivity index (χ0n) is 18.7. The van der Waals surface area contributed by atoms with Crippen LogP contribution in [0, 0.1) is 0 Å². The van der Waals surface area contributed by atoms with Crippen molar-refractivity contribution in [2.24, 2.45) is 0 Å². The lowest BCUT2D eigenvalue weighted by Gasteiger charge is -2.39. The van der Waals surface area contributed by atoms with Gasteiger partial charge in [-0.05, 0) is 29.3 Å². The molecule has 33 heavy (non-hydrogen) atoms. The smallest absolute Gasteiger partial charge is 0.337 e. The minimum Gasteiger partial charge on any atom is -0.484 e. The van der Waals surface area contributed by atoms with Gasteiger partial charge >= 0.3 is 5.97 Å². The highest BCUT2D eigenvalue weighted by molar-refractivity contribution is 5.89. The van der Waals surface area contributed by atoms with Gasteiger partial charge in [-0.1, -0.05) is 66.7 Å². The summed E-state index contributed by atoms with van der Waals surface area (Å²) in [5, 5.41) is 0. The van der Waals surface area contributed by atoms with E-state index >= 15 is 0 Å². The quantitative estimate of drug-likeness (QED) is 0.519. The molecule has 0 radical (unpaired) electrons. The Bertz CT molecular complexity index is 1020. The number of esters is 1. The van der Waals surface area contributed by atoms with E-state index < -0.39 is 5.97 Å². The highest BCUT2D eigenvalue weighted by Gasteiger charge is 2.28. The molecule has 1 amide bonds. The van der Waals surface area contributed by atoms with Crippen molar-refractivity contribution in [3.05, 3.63) is 102 Å². The highest BCUT2D eigenvalue weighted by atomic mass is 16.5. The van der Waals surface area contributed by atoms with Gasteiger partial charge in [-0.25, -0.2) is 4.79 Å². The number of hydrogen-bond acceptors (Lipinski definition) is 5. The second-order valence-electron chi connectivity index (χ2n) is 7.95. The van der Waals surface area contributed by atoms with Crippen molar-refractivity contribution in [3.63, 3.8) is 0 Å². The number of carbonyl (C=O) groups excluding carboxylic acids is 2. The topological polar surface area (TPSA) is 59.1 Å². The van der Waals surface area contributed by atoms with Gasteiger partial charge in [-0.15, -0.1) is 0 Å². The fraction of sp³-hybridized carbons (Fsp3) is 0.259. The zero-order valence-corrected chi connectivity index (χ0v) is 18.7. The van der Waals surface area contributed by atoms with Crippen LogP contribution in [0.1, 0.15) is 27.5 Å². The van der Waals surface area contributed by atoms with Crippen molar-refractivity contribution in [1.29, 1.82) is 0 Å². The van der Waals surface area contributed by atoms with Crippen molar-refractivity contribution in [3.8, 4) is 5.75 Å². The van der Waals surface area contributed by atoms with Crippen molar-refractivity contribution < 1.29 is 19.1 Å². The van der Waals surface area contributed by atoms with Gasteiger partial charge in [0.05, 0.1) is 18.7 Å². The summed E-state index contributed by atoms with van der Waals surface area (Å²) in [7, 11) is 1.33. The molecule has 1 aliphatic heterocycles. The van der Waals surface area contributed by atoms with Crippen LogP contribution in [-0.4, -0.2) is 61.6 Å². The van der Waals surface area contributed by atoms with E-state index in [2.05, 4.69) is 53.4 Å². The Hall–Kier alpha value is -3.64. The minimum atomic E-state index is -0.436. The van der Waals surface area contributed by atoms with Gasteiger partial charge in [-0.2, -0.15) is 0 Å². The molecule has 0 atom stereocenters. The Morgan fingerprint density at radius 1 is 0.818 bits per heavy atom. The van der Waals surface area contributed by atoms with Crippen LogP contribution >= 0.6 is 0 Å². The van der Waals surface area contributed by atoms with Gasteiger partial charge in [0.1, 0.15) is 5.75 Å². The van der Waals surface area contributed by atoms with Crippen LogP contribution in [0.3, 0.4) is 0 Å². The number of carbonyl (C=O) groups is 2. The molecule has 0 N–H and O–H groups in total. The van der Waals surface area contributed by atoms with E-state index in [-0.39, 0.29) is 18.6 Å². The van der Waals surface area contributed by atoms with Crippen LogP contribution < -0.4 is 4.74 Å². The van der Waals surface area contributed by atoms with Crippen LogP contribution in [0.4, 0.5) is 0 Å². The predicted octanol–water partition coefficient (Wildman–Crippen LogP) is 3.79. The van der Waals surface area contributed by atoms with Gasteiger partial charge < -0.3 is 14.4 Å². The van der Waals surface area contributed by atoms with E-state index in [1.54, 1.807) is 24.3 Å². The Balaban J connectivity index is 1.36. The summed E-state index contributed by atoms with van der Waals surface area (Å²) in [5.41, 5.74) is 2.89. The van der Waals surface area contributed by atoms with E-state index in [4.69, 9.17) is 9.47 Å². The van der Waals surface area contributed by atoms with Crippen molar-refractivity contribution in [2.45, 2.75) is 6.04 Å². The molecule has 0 aromatic heterocycles. The van der Waals surface area contributed by atoms with Crippen molar-refractivity contribution >= 4 is 11.9 Å². The van der Waals surface area contributed by atoms with Gasteiger partial charge in [-0.3, -0.25) is 9.69 Å². The third kappa shape index (κ3) is 5.59. The number of ether oxygens (including phenoxy) is 2. The molecule has 1 fully saturated rings. The number of hydrogen-bond donors (Lipinski definition) is 0. The van der Waals surface area contributed by atoms with Crippen molar-refractivity contribution in [2.75, 3.05) is 39.9 Å². The molecule has 0 unspecified atom stereocenters. The highest BCUT2D eigenvalue weighted by Crippen LogP contribution is 2.29. The SMILES string of the molecule is COC(=O)c1cccc(OCC(=O)N2CCN(C(c3ccccc3)c3ccccc3)CC2)c1. The maximum Gasteiger partial charge on any atom is 0.337 e. The number of piperazine rings is 1. The summed E-state index contributed by atoms with van der Waals surface area (Å²) >= 11 is 0. The number of rotatable bonds is 7. The molecule has 0 aliphatic carbocycles. The molecule has 3 aromatic rings. The number of nitrogens with zero attached hydrogens (tertiary/aromatic N) is 2. The molecule has 1 saturated heterocycles. The first kappa shape index (κ1) is 22.6. The maximum atomic E-state index is 12.8. The molecular weight excluding hydrogens is 416 g/mol. The Morgan fingerprint density at radius 3 is 2.00 bits per heavy atom. The summed E-state index contributed by atoms with van der Waals surface area (Å²) in [6, 6.07) is 27.8. The average molecular weight is 445 g/mol. The number of methoxy groups -OCH3 is 1. The van der Waals surface area contributed by atoms with Crippen LogP contribution in [-0.2, 0) is 9.53 Å². The lowest BCUT2D eigenvalue weighted by atomic mass is 9.96. The van der Waals surface area contributed by atoms with Crippen molar-refractivity contribution in [1.82, 2.24) is 9.80 Å². The van der Waals surface area contributed by atoms with E-state index in [0.29, 0.717) is 24.4 Å². The minimum absolute atomic E-state index is 0.0610. The molecule has 3 aromatic carbocycles. The molecule has 170 valence electrons. The Labute approximate surface area is 194 Å². The van der Waals surface area contributed by atoms with Gasteiger partial charge in [0.25, 0.3) is 5.91 Å². The largest absolute Gasteiger partial charge is 0.484 e. The first-order valence-corrected chi connectivity index (χ1v) is 11.1. The zero-order chi connectivity index (χ0) is 23.0. The molecule has 0 bridgehead atoms. The summed E-state index contributed by atoms with van der Waals surface area (Å²) in [6.45, 7) is 2.77. The number of amides is 1. The lowest BCUT2D eigenvalue weighted by molar-refractivity contribution is -0.135. The molecule has 1 aliphatic rings. The van der Waals surface area contributed by atoms with Crippen LogP contribution in [0.2, 0.25) is 0 Å². The second kappa shape index (κ2) is 10.8. The molecule has 0 saturated carbocycles. The first-order valence-electron chi connectivity index (χ1n) is 11.1. The second-order valence-corrected chi connectivity index (χ2v) is 7.95. The van der Waals surface area contributed by atoms with E-state index in [0.717, 1.165) is 13.1 Å². The van der Waals surface area contributed by atoms with E-state index in [1.165, 1.54) is 18.2 Å². The third-order valence-corrected chi connectivity index (χ3v) is 5.88. The molecule has 0 spiro atoms. The van der Waals surface area contributed by atoms with Crippen LogP contribution in [0.25, 0.3) is 0 Å². The summed E-state index contributed by atoms with van der Waals surface area (Å²) in [5.74, 6) is -0.0264. The summed E-state index contributed by atoms with van der Waals surface area (Å²) in [4.78, 5) is 28.7. The normalized spacial score (nSPS) is 14.2. The monoisotopic (exact) mass is 444 g/mol. The van der Waals surface area contributed by atoms with Crippen LogP contribution in [0.15, 0.2) is 84.9 Å². The molecular formula is C27H28N2O4. The average Bonchev–Trinajstić information content (AvgIpc) is 2.89. The molecule has 6 heteroatoms. The van der Waals surface area contributed by atoms with E-state index in [1.807, 2.05) is 17.0 Å². The molecule has 4 rings (SSSR count). The van der Waals surface area contributed by atoms with Gasteiger partial charge in [0, 0.05) is 26.2 Å². The predicted molar refractivity (Wildman–Crippen MR) is 126 cm³/mol. The third-order valence-electron chi connectivity index (χ3n) is 5.88. The van der Waals surface area contributed by atoms with Gasteiger partial charge in [0.2, 0.25) is 0 Å². The summed E-state index contributed by atoms with van der Waals surface area (Å²) < 4.78 is 10.4. The fourth-order valence-electron chi connectivity index (χ4n) is 4.18. The van der Waals surface area contributed by atoms with E-state index in [9.17, 15) is 9.59 Å². The first-order chi connectivity index (χ1) is 16.2.